The van der Waals surface area contributed by atoms with Crippen LogP contribution in [0, 0.1) is 12.7 Å². The summed E-state index contributed by atoms with van der Waals surface area (Å²) < 4.78 is 13.1. The number of halogens is 1. The van der Waals surface area contributed by atoms with E-state index in [0.717, 1.165) is 11.1 Å². The van der Waals surface area contributed by atoms with Gasteiger partial charge in [-0.05, 0) is 42.3 Å². The van der Waals surface area contributed by atoms with Crippen molar-refractivity contribution in [3.8, 4) is 0 Å². The molecule has 0 fully saturated rings. The lowest BCUT2D eigenvalue weighted by Crippen LogP contribution is -2.29. The highest BCUT2D eigenvalue weighted by Crippen LogP contribution is 2.28. The van der Waals surface area contributed by atoms with Crippen LogP contribution in [0.15, 0.2) is 84.9 Å². The number of hydrogen-bond donors (Lipinski definition) is 2. The van der Waals surface area contributed by atoms with Gasteiger partial charge in [-0.2, -0.15) is 0 Å². The molecule has 0 saturated carbocycles. The first-order valence-corrected chi connectivity index (χ1v) is 10.3. The van der Waals surface area contributed by atoms with E-state index in [1.165, 1.54) is 23.5 Å². The van der Waals surface area contributed by atoms with E-state index in [0.29, 0.717) is 21.4 Å². The van der Waals surface area contributed by atoms with Gasteiger partial charge in [-0.1, -0.05) is 72.0 Å². The summed E-state index contributed by atoms with van der Waals surface area (Å²) in [4.78, 5) is 18.1. The first-order chi connectivity index (χ1) is 14.6. The van der Waals surface area contributed by atoms with Gasteiger partial charge in [-0.15, -0.1) is 0 Å². The Labute approximate surface area is 178 Å². The Morgan fingerprint density at radius 3 is 2.03 bits per heavy atom. The highest BCUT2D eigenvalue weighted by atomic mass is 32.1. The van der Waals surface area contributed by atoms with Crippen LogP contribution < -0.4 is 10.6 Å². The molecule has 1 aromatic heterocycles. The Kier molecular flexibility index (Phi) is 5.86. The number of amides is 1. The van der Waals surface area contributed by atoms with Crippen LogP contribution in [-0.2, 0) is 0 Å². The fourth-order valence-corrected chi connectivity index (χ4v) is 4.05. The van der Waals surface area contributed by atoms with Gasteiger partial charge in [0.2, 0.25) is 0 Å². The molecule has 3 aromatic carbocycles. The smallest absolute Gasteiger partial charge is 0.264 e. The molecule has 0 aliphatic rings. The SMILES string of the molecule is Cc1nc(Nc2ccc(F)cc2)sc1C(=O)NC(c1ccccc1)c1ccccc1. The van der Waals surface area contributed by atoms with Crippen molar-refractivity contribution in [3.05, 3.63) is 112 Å². The van der Waals surface area contributed by atoms with E-state index in [4.69, 9.17) is 0 Å². The summed E-state index contributed by atoms with van der Waals surface area (Å²) in [5.74, 6) is -0.487. The third-order valence-corrected chi connectivity index (χ3v) is 5.71. The summed E-state index contributed by atoms with van der Waals surface area (Å²) in [6, 6.07) is 25.5. The molecule has 6 heteroatoms. The van der Waals surface area contributed by atoms with E-state index in [2.05, 4.69) is 15.6 Å². The number of benzene rings is 3. The maximum Gasteiger partial charge on any atom is 0.264 e. The Morgan fingerprint density at radius 1 is 0.900 bits per heavy atom. The summed E-state index contributed by atoms with van der Waals surface area (Å²) in [5.41, 5.74) is 3.36. The molecule has 2 N–H and O–H groups in total. The highest BCUT2D eigenvalue weighted by molar-refractivity contribution is 7.17. The topological polar surface area (TPSA) is 54.0 Å². The average Bonchev–Trinajstić information content (AvgIpc) is 3.15. The van der Waals surface area contributed by atoms with Crippen LogP contribution in [0.3, 0.4) is 0 Å². The summed E-state index contributed by atoms with van der Waals surface area (Å²) in [7, 11) is 0. The Hall–Kier alpha value is -3.51. The maximum atomic E-state index is 13.1. The highest BCUT2D eigenvalue weighted by Gasteiger charge is 2.21. The second-order valence-electron chi connectivity index (χ2n) is 6.79. The van der Waals surface area contributed by atoms with Gasteiger partial charge in [0.1, 0.15) is 10.7 Å². The van der Waals surface area contributed by atoms with Gasteiger partial charge in [0.15, 0.2) is 5.13 Å². The number of rotatable bonds is 6. The minimum Gasteiger partial charge on any atom is -0.340 e. The van der Waals surface area contributed by atoms with Crippen LogP contribution in [0.1, 0.15) is 32.5 Å². The second kappa shape index (κ2) is 8.88. The van der Waals surface area contributed by atoms with Crippen LogP contribution >= 0.6 is 11.3 Å². The third-order valence-electron chi connectivity index (χ3n) is 4.64. The number of nitrogens with zero attached hydrogens (tertiary/aromatic N) is 1. The van der Waals surface area contributed by atoms with E-state index < -0.39 is 0 Å². The molecule has 0 aliphatic carbocycles. The molecule has 0 unspecified atom stereocenters. The predicted octanol–water partition coefficient (Wildman–Crippen LogP) is 5.85. The summed E-state index contributed by atoms with van der Waals surface area (Å²) in [6.45, 7) is 1.81. The van der Waals surface area contributed by atoms with Crippen LogP contribution in [0.4, 0.5) is 15.2 Å². The first kappa shape index (κ1) is 19.8. The number of carbonyl (C=O) groups is 1. The molecule has 0 bridgehead atoms. The zero-order valence-electron chi connectivity index (χ0n) is 16.3. The predicted molar refractivity (Wildman–Crippen MR) is 119 cm³/mol. The molecule has 1 amide bonds. The van der Waals surface area contributed by atoms with Crippen LogP contribution in [0.5, 0.6) is 0 Å². The third kappa shape index (κ3) is 4.55. The molecule has 4 rings (SSSR count). The van der Waals surface area contributed by atoms with Crippen LogP contribution in [0.2, 0.25) is 0 Å². The van der Waals surface area contributed by atoms with Crippen LogP contribution in [0.25, 0.3) is 0 Å². The molecular weight excluding hydrogens is 397 g/mol. The number of hydrogen-bond acceptors (Lipinski definition) is 4. The van der Waals surface area contributed by atoms with Crippen molar-refractivity contribution in [1.82, 2.24) is 10.3 Å². The Balaban J connectivity index is 1.57. The van der Waals surface area contributed by atoms with Gasteiger partial charge in [0.25, 0.3) is 5.91 Å². The van der Waals surface area contributed by atoms with E-state index in [-0.39, 0.29) is 17.8 Å². The number of carbonyl (C=O) groups excluding carboxylic acids is 1. The van der Waals surface area contributed by atoms with Gasteiger partial charge in [-0.3, -0.25) is 4.79 Å². The maximum absolute atomic E-state index is 13.1. The number of anilines is 2. The minimum absolute atomic E-state index is 0.185. The molecular formula is C24H20FN3OS. The Bertz CT molecular complexity index is 1090. The first-order valence-electron chi connectivity index (χ1n) is 9.51. The number of aryl methyl sites for hydroxylation is 1. The molecule has 4 nitrogen and oxygen atoms in total. The van der Waals surface area contributed by atoms with Gasteiger partial charge in [0.05, 0.1) is 11.7 Å². The lowest BCUT2D eigenvalue weighted by atomic mass is 9.98. The number of aromatic nitrogens is 1. The van der Waals surface area contributed by atoms with E-state index in [1.807, 2.05) is 60.7 Å². The Morgan fingerprint density at radius 2 is 1.47 bits per heavy atom. The molecule has 0 spiro atoms. The van der Waals surface area contributed by atoms with Crippen molar-refractivity contribution < 1.29 is 9.18 Å². The van der Waals surface area contributed by atoms with E-state index >= 15 is 0 Å². The summed E-state index contributed by atoms with van der Waals surface area (Å²) in [5, 5.41) is 6.85. The van der Waals surface area contributed by atoms with Gasteiger partial charge >= 0.3 is 0 Å². The standard InChI is InChI=1S/C24H20FN3OS/c1-16-22(30-24(26-16)27-20-14-12-19(25)13-15-20)23(29)28-21(17-8-4-2-5-9-17)18-10-6-3-7-11-18/h2-15,21H,1H3,(H,26,27)(H,28,29). The fourth-order valence-electron chi connectivity index (χ4n) is 3.16. The molecule has 1 heterocycles. The zero-order chi connectivity index (χ0) is 20.9. The summed E-state index contributed by atoms with van der Waals surface area (Å²) in [6.07, 6.45) is 0. The monoisotopic (exact) mass is 417 g/mol. The van der Waals surface area contributed by atoms with E-state index in [1.54, 1.807) is 19.1 Å². The van der Waals surface area contributed by atoms with Gasteiger partial charge in [-0.25, -0.2) is 9.37 Å². The number of thiazole rings is 1. The molecule has 0 atom stereocenters. The molecule has 150 valence electrons. The minimum atomic E-state index is -0.302. The van der Waals surface area contributed by atoms with Gasteiger partial charge < -0.3 is 10.6 Å². The van der Waals surface area contributed by atoms with Crippen molar-refractivity contribution in [1.29, 1.82) is 0 Å². The van der Waals surface area contributed by atoms with Crippen molar-refractivity contribution in [3.63, 3.8) is 0 Å². The zero-order valence-corrected chi connectivity index (χ0v) is 17.1. The molecule has 30 heavy (non-hydrogen) atoms. The van der Waals surface area contributed by atoms with Crippen LogP contribution in [-0.4, -0.2) is 10.9 Å². The van der Waals surface area contributed by atoms with Crippen molar-refractivity contribution in [2.24, 2.45) is 0 Å². The lowest BCUT2D eigenvalue weighted by Gasteiger charge is -2.19. The fraction of sp³-hybridized carbons (Fsp3) is 0.0833. The largest absolute Gasteiger partial charge is 0.340 e. The van der Waals surface area contributed by atoms with Crippen molar-refractivity contribution in [2.75, 3.05) is 5.32 Å². The second-order valence-corrected chi connectivity index (χ2v) is 7.79. The van der Waals surface area contributed by atoms with Crippen molar-refractivity contribution in [2.45, 2.75) is 13.0 Å². The normalized spacial score (nSPS) is 10.8. The van der Waals surface area contributed by atoms with Crippen molar-refractivity contribution >= 4 is 28.1 Å². The molecule has 0 saturated heterocycles. The van der Waals surface area contributed by atoms with Gasteiger partial charge in [0, 0.05) is 5.69 Å². The average molecular weight is 418 g/mol. The lowest BCUT2D eigenvalue weighted by molar-refractivity contribution is 0.0946. The molecule has 4 aromatic rings. The summed E-state index contributed by atoms with van der Waals surface area (Å²) >= 11 is 1.27. The number of nitrogens with one attached hydrogen (secondary N) is 2. The molecule has 0 aliphatic heterocycles. The molecule has 0 radical (unpaired) electrons. The quantitative estimate of drug-likeness (QED) is 0.414. The van der Waals surface area contributed by atoms with E-state index in [9.17, 15) is 9.18 Å².